The normalized spacial score (nSPS) is 23.1. The molecule has 1 aliphatic heterocycles. The van der Waals surface area contributed by atoms with Crippen LogP contribution in [0.4, 0.5) is 5.95 Å². The molecule has 1 saturated heterocycles. The second kappa shape index (κ2) is 10.8. The van der Waals surface area contributed by atoms with Gasteiger partial charge < -0.3 is 18.7 Å². The molecule has 3 heterocycles. The van der Waals surface area contributed by atoms with Crippen molar-refractivity contribution >= 4 is 39.7 Å². The number of rotatable bonds is 8. The molecule has 0 aliphatic carbocycles. The number of nitrogens with one attached hydrogen (secondary N) is 2. The Morgan fingerprint density at radius 2 is 1.64 bits per heavy atom. The minimum absolute atomic E-state index is 0.0283. The van der Waals surface area contributed by atoms with Gasteiger partial charge in [0.1, 0.15) is 18.3 Å². The number of hydrogen-bond donors (Lipinski definition) is 3. The van der Waals surface area contributed by atoms with Crippen molar-refractivity contribution in [2.24, 2.45) is 5.92 Å². The second-order valence-corrected chi connectivity index (χ2v) is 23.3. The van der Waals surface area contributed by atoms with Gasteiger partial charge in [-0.25, -0.2) is 4.98 Å². The zero-order valence-electron chi connectivity index (χ0n) is 25.5. The van der Waals surface area contributed by atoms with Gasteiger partial charge >= 0.3 is 0 Å². The summed E-state index contributed by atoms with van der Waals surface area (Å²) >= 11 is 0. The van der Waals surface area contributed by atoms with E-state index in [1.807, 2.05) is 0 Å². The number of imidazole rings is 1. The lowest BCUT2D eigenvalue weighted by molar-refractivity contribution is -0.118. The monoisotopic (exact) mass is 581 g/mol. The molecule has 3 N–H and O–H groups in total. The third-order valence-corrected chi connectivity index (χ3v) is 17.4. The van der Waals surface area contributed by atoms with E-state index in [0.29, 0.717) is 0 Å². The molecule has 0 bridgehead atoms. The summed E-state index contributed by atoms with van der Waals surface area (Å²) in [4.78, 5) is 36.6. The number of aromatic nitrogens is 4. The van der Waals surface area contributed by atoms with Gasteiger partial charge in [0.2, 0.25) is 11.9 Å². The molecule has 13 heteroatoms. The van der Waals surface area contributed by atoms with E-state index in [-0.39, 0.29) is 45.6 Å². The molecule has 11 nitrogen and oxygen atoms in total. The number of nitrogens with zero attached hydrogens (tertiary/aromatic N) is 3. The fourth-order valence-electron chi connectivity index (χ4n) is 3.81. The molecule has 0 spiro atoms. The van der Waals surface area contributed by atoms with E-state index in [1.54, 1.807) is 18.4 Å². The highest BCUT2D eigenvalue weighted by Gasteiger charge is 2.54. The van der Waals surface area contributed by atoms with Crippen molar-refractivity contribution in [3.05, 3.63) is 16.7 Å². The number of carbonyl (C=O) groups excluding carboxylic acids is 1. The number of hydrogen-bond acceptors (Lipinski definition) is 8. The van der Waals surface area contributed by atoms with Crippen LogP contribution in [-0.4, -0.2) is 72.1 Å². The highest BCUT2D eigenvalue weighted by molar-refractivity contribution is 6.74. The molecule has 2 aromatic rings. The quantitative estimate of drug-likeness (QED) is 0.390. The Bertz CT molecular complexity index is 1240. The van der Waals surface area contributed by atoms with Crippen LogP contribution in [-0.2, 0) is 18.4 Å². The van der Waals surface area contributed by atoms with Gasteiger partial charge in [0.15, 0.2) is 34.0 Å². The molecule has 39 heavy (non-hydrogen) atoms. The lowest BCUT2D eigenvalue weighted by Gasteiger charge is -2.44. The average molecular weight is 582 g/mol. The van der Waals surface area contributed by atoms with Crippen LogP contribution in [0.3, 0.4) is 0 Å². The van der Waals surface area contributed by atoms with E-state index in [9.17, 15) is 14.7 Å². The molecule has 220 valence electrons. The topological polar surface area (TPSA) is 141 Å². The fraction of sp³-hybridized carbons (Fsp3) is 0.769. The summed E-state index contributed by atoms with van der Waals surface area (Å²) in [5.74, 6) is -0.543. The van der Waals surface area contributed by atoms with Crippen molar-refractivity contribution in [2.75, 3.05) is 11.9 Å². The Hall–Kier alpha value is -1.91. The molecule has 3 rings (SSSR count). The minimum Gasteiger partial charge on any atom is -0.408 e. The number of anilines is 1. The van der Waals surface area contributed by atoms with Crippen LogP contribution in [0.15, 0.2) is 11.1 Å². The molecule has 1 aliphatic rings. The van der Waals surface area contributed by atoms with E-state index < -0.39 is 46.7 Å². The first-order valence-corrected chi connectivity index (χ1v) is 19.4. The maximum atomic E-state index is 12.9. The number of aliphatic hydroxyl groups excluding tert-OH is 1. The van der Waals surface area contributed by atoms with Crippen molar-refractivity contribution in [1.82, 2.24) is 19.5 Å². The van der Waals surface area contributed by atoms with E-state index in [0.717, 1.165) is 0 Å². The fourth-order valence-corrected chi connectivity index (χ4v) is 6.42. The van der Waals surface area contributed by atoms with Crippen molar-refractivity contribution in [3.63, 3.8) is 0 Å². The molecular weight excluding hydrogens is 534 g/mol. The number of amides is 1. The van der Waals surface area contributed by atoms with Gasteiger partial charge in [0.05, 0.1) is 12.9 Å². The Labute approximate surface area is 233 Å². The molecule has 2 aromatic heterocycles. The first-order valence-electron chi connectivity index (χ1n) is 13.6. The van der Waals surface area contributed by atoms with Crippen molar-refractivity contribution in [2.45, 2.75) is 116 Å². The summed E-state index contributed by atoms with van der Waals surface area (Å²) in [6, 6.07) is 0. The van der Waals surface area contributed by atoms with Gasteiger partial charge in [-0.15, -0.1) is 0 Å². The van der Waals surface area contributed by atoms with Gasteiger partial charge in [-0.2, -0.15) is 4.98 Å². The number of fused-ring (bicyclic) bond motifs is 1. The van der Waals surface area contributed by atoms with Crippen LogP contribution < -0.4 is 10.9 Å². The lowest BCUT2D eigenvalue weighted by atomic mass is 10.1. The van der Waals surface area contributed by atoms with Crippen molar-refractivity contribution in [3.8, 4) is 0 Å². The number of ether oxygens (including phenoxy) is 1. The molecule has 0 aromatic carbocycles. The molecule has 1 fully saturated rings. The van der Waals surface area contributed by atoms with Gasteiger partial charge in [-0.1, -0.05) is 55.4 Å². The summed E-state index contributed by atoms with van der Waals surface area (Å²) in [5, 5.41) is 12.9. The predicted octanol–water partition coefficient (Wildman–Crippen LogP) is 4.38. The minimum atomic E-state index is -2.36. The average Bonchev–Trinajstić information content (AvgIpc) is 3.33. The van der Waals surface area contributed by atoms with Crippen LogP contribution in [0.5, 0.6) is 0 Å². The largest absolute Gasteiger partial charge is 0.408 e. The smallest absolute Gasteiger partial charge is 0.280 e. The van der Waals surface area contributed by atoms with E-state index in [4.69, 9.17) is 13.6 Å². The maximum Gasteiger partial charge on any atom is 0.280 e. The summed E-state index contributed by atoms with van der Waals surface area (Å²) in [6.45, 7) is 24.9. The Morgan fingerprint density at radius 1 is 1.10 bits per heavy atom. The Balaban J connectivity index is 2.15. The SMILES string of the molecule is CC(C)C(=O)Nc1nc2c(ncn2[C@@H]2O[C@H](CO)[C@@H](O[Si](C)(C)C(C)(C)C)[C@H]2O[Si](C)(C)C(C)(C)C)c(=O)[nH]1. The van der Waals surface area contributed by atoms with Crippen LogP contribution in [0.2, 0.25) is 36.3 Å². The van der Waals surface area contributed by atoms with Gasteiger partial charge in [-0.3, -0.25) is 24.5 Å². The molecule has 0 radical (unpaired) electrons. The standard InChI is InChI=1S/C26H47N5O6Si2/c1-15(2)21(33)29-24-28-20-17(22(34)30-24)27-14-31(20)23-19(37-39(11,12)26(6,7)8)18(16(13-32)35-23)36-38(9,10)25(3,4)5/h14-16,18-19,23,32H,13H2,1-12H3,(H2,28,29,30,33,34)/t16-,18-,19-,23-/m1/s1. The highest BCUT2D eigenvalue weighted by Crippen LogP contribution is 2.46. The summed E-state index contributed by atoms with van der Waals surface area (Å²) in [7, 11) is -4.66. The number of H-pyrrole nitrogens is 1. The van der Waals surface area contributed by atoms with Crippen LogP contribution in [0.1, 0.15) is 61.6 Å². The summed E-state index contributed by atoms with van der Waals surface area (Å²) in [5.41, 5.74) is -0.122. The zero-order valence-corrected chi connectivity index (χ0v) is 27.5. The third kappa shape index (κ3) is 6.38. The van der Waals surface area contributed by atoms with E-state index in [2.05, 4.69) is 88.0 Å². The lowest BCUT2D eigenvalue weighted by Crippen LogP contribution is -2.53. The molecule has 4 atom stereocenters. The van der Waals surface area contributed by atoms with Crippen LogP contribution >= 0.6 is 0 Å². The van der Waals surface area contributed by atoms with Gasteiger partial charge in [0, 0.05) is 5.92 Å². The highest BCUT2D eigenvalue weighted by atomic mass is 28.4. The Morgan fingerprint density at radius 3 is 2.13 bits per heavy atom. The first-order chi connectivity index (χ1) is 17.7. The Kier molecular flexibility index (Phi) is 8.77. The molecule has 0 saturated carbocycles. The molecule has 1 amide bonds. The first kappa shape index (κ1) is 31.6. The second-order valence-electron chi connectivity index (χ2n) is 13.8. The molecular formula is C26H47N5O6Si2. The zero-order chi connectivity index (χ0) is 29.7. The van der Waals surface area contributed by atoms with Crippen molar-refractivity contribution < 1.29 is 23.5 Å². The van der Waals surface area contributed by atoms with E-state index in [1.165, 1.54) is 6.33 Å². The predicted molar refractivity (Wildman–Crippen MR) is 157 cm³/mol. The van der Waals surface area contributed by atoms with Crippen LogP contribution in [0, 0.1) is 5.92 Å². The van der Waals surface area contributed by atoms with Crippen molar-refractivity contribution in [1.29, 1.82) is 0 Å². The van der Waals surface area contributed by atoms with E-state index >= 15 is 0 Å². The molecule has 0 unspecified atom stereocenters. The third-order valence-electron chi connectivity index (χ3n) is 8.41. The van der Waals surface area contributed by atoms with Crippen LogP contribution in [0.25, 0.3) is 11.2 Å². The number of aromatic amines is 1. The van der Waals surface area contributed by atoms with Gasteiger partial charge in [0.25, 0.3) is 5.56 Å². The summed E-state index contributed by atoms with van der Waals surface area (Å²) < 4.78 is 21.9. The number of aliphatic hydroxyl groups is 1. The number of carbonyl (C=O) groups is 1. The maximum absolute atomic E-state index is 12.9. The van der Waals surface area contributed by atoms with Gasteiger partial charge in [-0.05, 0) is 36.3 Å². The summed E-state index contributed by atoms with van der Waals surface area (Å²) in [6.07, 6.45) is -1.06.